The van der Waals surface area contributed by atoms with Crippen LogP contribution in [-0.2, 0) is 0 Å². The average molecular weight is 213 g/mol. The quantitative estimate of drug-likeness (QED) is 0.309. The zero-order valence-electron chi connectivity index (χ0n) is 8.44. The van der Waals surface area contributed by atoms with Gasteiger partial charge in [0.25, 0.3) is 0 Å². The van der Waals surface area contributed by atoms with Crippen molar-refractivity contribution in [1.82, 2.24) is 9.97 Å². The highest BCUT2D eigenvalue weighted by molar-refractivity contribution is 5.47. The first-order valence-electron chi connectivity index (χ1n) is 4.50. The Kier molecular flexibility index (Phi) is 4.22. The summed E-state index contributed by atoms with van der Waals surface area (Å²) in [5.41, 5.74) is 2.40. The molecule has 0 spiro atoms. The lowest BCUT2D eigenvalue weighted by Gasteiger charge is -2.14. The first-order chi connectivity index (χ1) is 7.19. The Bertz CT molecular complexity index is 316. The van der Waals surface area contributed by atoms with E-state index in [2.05, 4.69) is 20.7 Å². The third-order valence-corrected chi connectivity index (χ3v) is 1.78. The van der Waals surface area contributed by atoms with Gasteiger partial charge in [0.2, 0.25) is 0 Å². The molecule has 0 bridgehead atoms. The maximum atomic E-state index is 8.88. The SMILES string of the molecule is Cc1nc(NN)cc(NC(CO)CO)n1. The fourth-order valence-corrected chi connectivity index (χ4v) is 1.07. The van der Waals surface area contributed by atoms with E-state index < -0.39 is 6.04 Å². The zero-order valence-corrected chi connectivity index (χ0v) is 8.44. The van der Waals surface area contributed by atoms with E-state index in [9.17, 15) is 0 Å². The maximum absolute atomic E-state index is 8.88. The predicted octanol–water partition coefficient (Wildman–Crippen LogP) is -1.16. The van der Waals surface area contributed by atoms with Crippen molar-refractivity contribution in [3.8, 4) is 0 Å². The normalized spacial score (nSPS) is 10.5. The highest BCUT2D eigenvalue weighted by atomic mass is 16.3. The Morgan fingerprint density at radius 2 is 1.93 bits per heavy atom. The Morgan fingerprint density at radius 1 is 1.33 bits per heavy atom. The summed E-state index contributed by atoms with van der Waals surface area (Å²) in [6.45, 7) is 1.37. The third kappa shape index (κ3) is 3.31. The van der Waals surface area contributed by atoms with Crippen LogP contribution in [0.2, 0.25) is 0 Å². The van der Waals surface area contributed by atoms with Crippen molar-refractivity contribution in [3.05, 3.63) is 11.9 Å². The molecular weight excluding hydrogens is 198 g/mol. The number of hydrogen-bond acceptors (Lipinski definition) is 7. The van der Waals surface area contributed by atoms with Gasteiger partial charge in [0.15, 0.2) is 0 Å². The molecule has 0 aromatic carbocycles. The summed E-state index contributed by atoms with van der Waals surface area (Å²) < 4.78 is 0. The van der Waals surface area contributed by atoms with E-state index in [4.69, 9.17) is 16.1 Å². The van der Waals surface area contributed by atoms with E-state index in [0.717, 1.165) is 0 Å². The lowest BCUT2D eigenvalue weighted by molar-refractivity contribution is 0.203. The highest BCUT2D eigenvalue weighted by Crippen LogP contribution is 2.10. The number of nitrogens with one attached hydrogen (secondary N) is 2. The molecule has 0 aliphatic rings. The molecule has 7 heteroatoms. The van der Waals surface area contributed by atoms with Crippen molar-refractivity contribution >= 4 is 11.6 Å². The molecular formula is C8H15N5O2. The van der Waals surface area contributed by atoms with Gasteiger partial charge in [-0.3, -0.25) is 0 Å². The van der Waals surface area contributed by atoms with Crippen LogP contribution in [0.5, 0.6) is 0 Å². The lowest BCUT2D eigenvalue weighted by atomic mass is 10.3. The Morgan fingerprint density at radius 3 is 2.47 bits per heavy atom. The van der Waals surface area contributed by atoms with E-state index in [1.165, 1.54) is 0 Å². The van der Waals surface area contributed by atoms with Crippen LogP contribution >= 0.6 is 0 Å². The van der Waals surface area contributed by atoms with Gasteiger partial charge < -0.3 is 21.0 Å². The van der Waals surface area contributed by atoms with E-state index in [-0.39, 0.29) is 13.2 Å². The summed E-state index contributed by atoms with van der Waals surface area (Å²) >= 11 is 0. The molecule has 1 heterocycles. The predicted molar refractivity (Wildman–Crippen MR) is 56.2 cm³/mol. The number of anilines is 2. The molecule has 0 radical (unpaired) electrons. The van der Waals surface area contributed by atoms with Crippen LogP contribution in [0, 0.1) is 6.92 Å². The molecule has 7 nitrogen and oxygen atoms in total. The summed E-state index contributed by atoms with van der Waals surface area (Å²) in [6.07, 6.45) is 0. The van der Waals surface area contributed by atoms with E-state index in [1.54, 1.807) is 13.0 Å². The number of aromatic nitrogens is 2. The van der Waals surface area contributed by atoms with Gasteiger partial charge in [-0.15, -0.1) is 0 Å². The van der Waals surface area contributed by atoms with Crippen molar-refractivity contribution in [3.63, 3.8) is 0 Å². The molecule has 1 aromatic rings. The summed E-state index contributed by atoms with van der Waals surface area (Å²) in [5.74, 6) is 6.74. The second kappa shape index (κ2) is 5.44. The number of rotatable bonds is 5. The van der Waals surface area contributed by atoms with Crippen LogP contribution in [0.4, 0.5) is 11.6 Å². The number of hydrogen-bond donors (Lipinski definition) is 5. The van der Waals surface area contributed by atoms with Crippen molar-refractivity contribution < 1.29 is 10.2 Å². The van der Waals surface area contributed by atoms with Gasteiger partial charge in [-0.05, 0) is 6.92 Å². The average Bonchev–Trinajstić information content (AvgIpc) is 2.25. The van der Waals surface area contributed by atoms with E-state index >= 15 is 0 Å². The van der Waals surface area contributed by atoms with Gasteiger partial charge in [0, 0.05) is 6.07 Å². The van der Waals surface area contributed by atoms with Crippen LogP contribution in [0.3, 0.4) is 0 Å². The van der Waals surface area contributed by atoms with Crippen molar-refractivity contribution in [2.24, 2.45) is 5.84 Å². The minimum absolute atomic E-state index is 0.176. The summed E-state index contributed by atoms with van der Waals surface area (Å²) in [7, 11) is 0. The summed E-state index contributed by atoms with van der Waals surface area (Å²) in [6, 6.07) is 1.15. The van der Waals surface area contributed by atoms with Crippen molar-refractivity contribution in [2.45, 2.75) is 13.0 Å². The second-order valence-electron chi connectivity index (χ2n) is 3.04. The van der Waals surface area contributed by atoms with Crippen molar-refractivity contribution in [1.29, 1.82) is 0 Å². The molecule has 0 aliphatic carbocycles. The van der Waals surface area contributed by atoms with Crippen LogP contribution < -0.4 is 16.6 Å². The zero-order chi connectivity index (χ0) is 11.3. The van der Waals surface area contributed by atoms with Crippen LogP contribution in [0.15, 0.2) is 6.07 Å². The molecule has 84 valence electrons. The highest BCUT2D eigenvalue weighted by Gasteiger charge is 2.07. The topological polar surface area (TPSA) is 116 Å². The molecule has 15 heavy (non-hydrogen) atoms. The van der Waals surface area contributed by atoms with Gasteiger partial charge in [0.1, 0.15) is 17.5 Å². The molecule has 1 rings (SSSR count). The molecule has 0 atom stereocenters. The first-order valence-corrected chi connectivity index (χ1v) is 4.50. The number of aliphatic hydroxyl groups excluding tert-OH is 2. The van der Waals surface area contributed by atoms with Gasteiger partial charge in [0.05, 0.1) is 19.3 Å². The van der Waals surface area contributed by atoms with Crippen LogP contribution in [0.1, 0.15) is 5.82 Å². The molecule has 0 aliphatic heterocycles. The van der Waals surface area contributed by atoms with Crippen molar-refractivity contribution in [2.75, 3.05) is 24.0 Å². The number of aliphatic hydroxyl groups is 2. The van der Waals surface area contributed by atoms with E-state index in [0.29, 0.717) is 17.5 Å². The first kappa shape index (κ1) is 11.6. The number of nitrogens with zero attached hydrogens (tertiary/aromatic N) is 2. The van der Waals surface area contributed by atoms with Gasteiger partial charge in [-0.25, -0.2) is 15.8 Å². The van der Waals surface area contributed by atoms with Crippen LogP contribution in [-0.4, -0.2) is 39.4 Å². The minimum atomic E-state index is -0.440. The second-order valence-corrected chi connectivity index (χ2v) is 3.04. The maximum Gasteiger partial charge on any atom is 0.145 e. The van der Waals surface area contributed by atoms with Gasteiger partial charge in [-0.1, -0.05) is 0 Å². The lowest BCUT2D eigenvalue weighted by Crippen LogP contribution is -2.28. The summed E-state index contributed by atoms with van der Waals surface area (Å²) in [5, 5.41) is 20.6. The minimum Gasteiger partial charge on any atom is -0.394 e. The fourth-order valence-electron chi connectivity index (χ4n) is 1.07. The van der Waals surface area contributed by atoms with Crippen LogP contribution in [0.25, 0.3) is 0 Å². The number of nitrogen functional groups attached to an aromatic ring is 1. The monoisotopic (exact) mass is 213 g/mol. The number of aryl methyl sites for hydroxylation is 1. The Balaban J connectivity index is 2.79. The van der Waals surface area contributed by atoms with Gasteiger partial charge in [-0.2, -0.15) is 0 Å². The molecule has 0 unspecified atom stereocenters. The smallest absolute Gasteiger partial charge is 0.145 e. The Hall–Kier alpha value is -1.44. The number of hydrazine groups is 1. The van der Waals surface area contributed by atoms with E-state index in [1.807, 2.05) is 0 Å². The summed E-state index contributed by atoms with van der Waals surface area (Å²) in [4.78, 5) is 8.08. The standard InChI is InChI=1S/C8H15N5O2/c1-5-10-7(2-8(11-5)13-9)12-6(3-14)4-15/h2,6,14-15H,3-4,9H2,1H3,(H2,10,11,12,13). The molecule has 0 fully saturated rings. The largest absolute Gasteiger partial charge is 0.394 e. The number of nitrogens with two attached hydrogens (primary N) is 1. The molecule has 0 amide bonds. The molecule has 1 aromatic heterocycles. The van der Waals surface area contributed by atoms with Gasteiger partial charge >= 0.3 is 0 Å². The molecule has 0 saturated heterocycles. The third-order valence-electron chi connectivity index (χ3n) is 1.78. The molecule has 6 N–H and O–H groups in total. The Labute approximate surface area is 87.3 Å². The fraction of sp³-hybridized carbons (Fsp3) is 0.500. The molecule has 0 saturated carbocycles.